The normalized spacial score (nSPS) is 8.62. The Morgan fingerprint density at radius 2 is 2.00 bits per heavy atom. The van der Waals surface area contributed by atoms with Crippen LogP contribution >= 0.6 is 0 Å². The molecule has 13 heavy (non-hydrogen) atoms. The van der Waals surface area contributed by atoms with Crippen molar-refractivity contribution in [3.05, 3.63) is 23.5 Å². The zero-order valence-corrected chi connectivity index (χ0v) is 6.47. The van der Waals surface area contributed by atoms with Crippen LogP contribution in [-0.2, 0) is 0 Å². The van der Waals surface area contributed by atoms with Gasteiger partial charge in [-0.3, -0.25) is 0 Å². The molecule has 0 bridgehead atoms. The third-order valence-electron chi connectivity index (χ3n) is 1.43. The Morgan fingerprint density at radius 3 is 2.46 bits per heavy atom. The van der Waals surface area contributed by atoms with Crippen molar-refractivity contribution in [2.45, 2.75) is 0 Å². The van der Waals surface area contributed by atoms with Crippen molar-refractivity contribution in [1.29, 1.82) is 10.5 Å². The maximum atomic E-state index is 8.73. The van der Waals surface area contributed by atoms with Gasteiger partial charge in [-0.2, -0.15) is 10.5 Å². The SMILES string of the molecule is N#Cc1cc(B(O)O)cnc1C#N. The minimum Gasteiger partial charge on any atom is -0.423 e. The third kappa shape index (κ3) is 1.82. The minimum atomic E-state index is -1.67. The Balaban J connectivity index is 3.25. The first-order chi connectivity index (χ1) is 6.19. The van der Waals surface area contributed by atoms with Crippen LogP contribution in [0.2, 0.25) is 0 Å². The van der Waals surface area contributed by atoms with Crippen molar-refractivity contribution in [2.24, 2.45) is 0 Å². The lowest BCUT2D eigenvalue weighted by molar-refractivity contribution is 0.425. The highest BCUT2D eigenvalue weighted by Gasteiger charge is 2.13. The van der Waals surface area contributed by atoms with Crippen molar-refractivity contribution >= 4 is 12.6 Å². The van der Waals surface area contributed by atoms with Crippen molar-refractivity contribution < 1.29 is 10.0 Å². The number of nitrogens with zero attached hydrogens (tertiary/aromatic N) is 3. The second-order valence-electron chi connectivity index (χ2n) is 2.26. The Hall–Kier alpha value is -1.89. The Kier molecular flexibility index (Phi) is 2.60. The molecule has 0 atom stereocenters. The molecule has 0 aliphatic rings. The van der Waals surface area contributed by atoms with E-state index in [0.717, 1.165) is 6.20 Å². The molecule has 0 fully saturated rings. The Morgan fingerprint density at radius 1 is 1.31 bits per heavy atom. The zero-order valence-electron chi connectivity index (χ0n) is 6.47. The second kappa shape index (κ2) is 3.68. The molecule has 5 nitrogen and oxygen atoms in total. The van der Waals surface area contributed by atoms with Crippen molar-refractivity contribution in [3.8, 4) is 12.1 Å². The van der Waals surface area contributed by atoms with Crippen LogP contribution in [0.5, 0.6) is 0 Å². The van der Waals surface area contributed by atoms with Crippen LogP contribution in [0, 0.1) is 22.7 Å². The third-order valence-corrected chi connectivity index (χ3v) is 1.43. The molecule has 0 saturated carbocycles. The Labute approximate surface area is 74.6 Å². The summed E-state index contributed by atoms with van der Waals surface area (Å²) in [5.41, 5.74) is 0.107. The van der Waals surface area contributed by atoms with Gasteiger partial charge in [0.05, 0.1) is 5.56 Å². The summed E-state index contributed by atoms with van der Waals surface area (Å²) in [7, 11) is -1.67. The van der Waals surface area contributed by atoms with Gasteiger partial charge in [-0.25, -0.2) is 4.98 Å². The molecule has 0 unspecified atom stereocenters. The van der Waals surface area contributed by atoms with E-state index in [-0.39, 0.29) is 16.7 Å². The quantitative estimate of drug-likeness (QED) is 0.503. The van der Waals surface area contributed by atoms with Crippen LogP contribution < -0.4 is 5.46 Å². The highest BCUT2D eigenvalue weighted by atomic mass is 16.4. The lowest BCUT2D eigenvalue weighted by Gasteiger charge is -1.98. The van der Waals surface area contributed by atoms with E-state index < -0.39 is 7.12 Å². The van der Waals surface area contributed by atoms with Gasteiger partial charge in [-0.15, -0.1) is 0 Å². The number of aromatic nitrogens is 1. The summed E-state index contributed by atoms with van der Waals surface area (Å²) < 4.78 is 0. The zero-order chi connectivity index (χ0) is 9.84. The molecule has 62 valence electrons. The summed E-state index contributed by atoms with van der Waals surface area (Å²) in [6.45, 7) is 0. The number of pyridine rings is 1. The van der Waals surface area contributed by atoms with E-state index in [0.29, 0.717) is 0 Å². The molecule has 1 aromatic heterocycles. The maximum absolute atomic E-state index is 8.73. The van der Waals surface area contributed by atoms with Gasteiger partial charge in [-0.1, -0.05) is 0 Å². The smallest absolute Gasteiger partial charge is 0.423 e. The molecule has 1 rings (SSSR count). The molecule has 0 aromatic carbocycles. The standard InChI is InChI=1S/C7H4BN3O2/c9-2-5-1-6(8(12)13)4-11-7(5)3-10/h1,4,12-13H. The second-order valence-corrected chi connectivity index (χ2v) is 2.26. The summed E-state index contributed by atoms with van der Waals surface area (Å²) in [5, 5.41) is 34.5. The molecule has 1 heterocycles. The van der Waals surface area contributed by atoms with Gasteiger partial charge in [0.2, 0.25) is 0 Å². The monoisotopic (exact) mass is 173 g/mol. The van der Waals surface area contributed by atoms with E-state index in [2.05, 4.69) is 4.98 Å². The Bertz CT molecular complexity index is 405. The van der Waals surface area contributed by atoms with Gasteiger partial charge in [0.15, 0.2) is 5.69 Å². The molecule has 0 spiro atoms. The summed E-state index contributed by atoms with van der Waals surface area (Å²) in [6.07, 6.45) is 1.14. The summed E-state index contributed by atoms with van der Waals surface area (Å²) >= 11 is 0. The lowest BCUT2D eigenvalue weighted by atomic mass is 9.81. The van der Waals surface area contributed by atoms with Gasteiger partial charge in [0.1, 0.15) is 12.1 Å². The summed E-state index contributed by atoms with van der Waals surface area (Å²) in [4.78, 5) is 3.59. The van der Waals surface area contributed by atoms with E-state index in [1.54, 1.807) is 12.1 Å². The van der Waals surface area contributed by atoms with Gasteiger partial charge in [0.25, 0.3) is 0 Å². The molecule has 0 saturated heterocycles. The molecule has 1 aromatic rings. The summed E-state index contributed by atoms with van der Waals surface area (Å²) in [6, 6.07) is 4.67. The van der Waals surface area contributed by atoms with Crippen molar-refractivity contribution in [2.75, 3.05) is 0 Å². The first-order valence-corrected chi connectivity index (χ1v) is 3.35. The van der Waals surface area contributed by atoms with E-state index >= 15 is 0 Å². The van der Waals surface area contributed by atoms with Gasteiger partial charge >= 0.3 is 7.12 Å². The van der Waals surface area contributed by atoms with Gasteiger partial charge in [0, 0.05) is 11.7 Å². The van der Waals surface area contributed by atoms with Crippen LogP contribution in [-0.4, -0.2) is 22.2 Å². The van der Waals surface area contributed by atoms with Crippen LogP contribution in [0.1, 0.15) is 11.3 Å². The van der Waals surface area contributed by atoms with E-state index in [9.17, 15) is 0 Å². The predicted molar refractivity (Wildman–Crippen MR) is 43.5 cm³/mol. The summed E-state index contributed by atoms with van der Waals surface area (Å²) in [5.74, 6) is 0. The van der Waals surface area contributed by atoms with Crippen LogP contribution in [0.25, 0.3) is 0 Å². The number of hydrogen-bond acceptors (Lipinski definition) is 5. The first kappa shape index (κ1) is 9.20. The highest BCUT2D eigenvalue weighted by Crippen LogP contribution is 1.99. The van der Waals surface area contributed by atoms with Gasteiger partial charge < -0.3 is 10.0 Å². The molecular formula is C7H4BN3O2. The van der Waals surface area contributed by atoms with Gasteiger partial charge in [-0.05, 0) is 6.07 Å². The lowest BCUT2D eigenvalue weighted by Crippen LogP contribution is -2.30. The maximum Gasteiger partial charge on any atom is 0.490 e. The number of nitriles is 2. The molecule has 0 radical (unpaired) electrons. The average Bonchev–Trinajstić information content (AvgIpc) is 2.16. The molecule has 0 aliphatic heterocycles. The van der Waals surface area contributed by atoms with E-state index in [1.807, 2.05) is 0 Å². The number of rotatable bonds is 1. The molecular weight excluding hydrogens is 169 g/mol. The number of hydrogen-bond donors (Lipinski definition) is 2. The molecule has 0 aliphatic carbocycles. The van der Waals surface area contributed by atoms with Crippen molar-refractivity contribution in [1.82, 2.24) is 4.98 Å². The fourth-order valence-electron chi connectivity index (χ4n) is 0.796. The average molecular weight is 173 g/mol. The first-order valence-electron chi connectivity index (χ1n) is 3.35. The minimum absolute atomic E-state index is 0.0214. The van der Waals surface area contributed by atoms with E-state index in [4.69, 9.17) is 20.6 Å². The largest absolute Gasteiger partial charge is 0.490 e. The van der Waals surface area contributed by atoms with Crippen LogP contribution in [0.15, 0.2) is 12.3 Å². The molecule has 2 N–H and O–H groups in total. The predicted octanol–water partition coefficient (Wildman–Crippen LogP) is -1.50. The van der Waals surface area contributed by atoms with Crippen molar-refractivity contribution in [3.63, 3.8) is 0 Å². The molecule has 0 amide bonds. The fourth-order valence-corrected chi connectivity index (χ4v) is 0.796. The molecule has 6 heteroatoms. The van der Waals surface area contributed by atoms with E-state index in [1.165, 1.54) is 6.07 Å². The van der Waals surface area contributed by atoms with Crippen LogP contribution in [0.3, 0.4) is 0 Å². The fraction of sp³-hybridized carbons (Fsp3) is 0. The highest BCUT2D eigenvalue weighted by molar-refractivity contribution is 6.58. The topological polar surface area (TPSA) is 101 Å². The van der Waals surface area contributed by atoms with Crippen LogP contribution in [0.4, 0.5) is 0 Å².